The van der Waals surface area contributed by atoms with Gasteiger partial charge in [0.25, 0.3) is 5.91 Å². The van der Waals surface area contributed by atoms with E-state index in [-0.39, 0.29) is 18.2 Å². The molecule has 1 N–H and O–H groups in total. The van der Waals surface area contributed by atoms with Crippen molar-refractivity contribution in [1.29, 1.82) is 0 Å². The standard InChI is InChI=1S/C28H30F3N3O2/c1-21(19-32-27(35)23-9-11-24(12-10-23)28(29,30)31)36-26-13-7-22(8-14-26)20-33-15-17-34(18-16-33)25-5-3-2-4-6-25/h2-14,21H,15-20H2,1H3,(H,32,35)/t21-/m0/s1. The van der Waals surface area contributed by atoms with E-state index in [4.69, 9.17) is 4.74 Å². The normalized spacial score (nSPS) is 15.4. The molecule has 36 heavy (non-hydrogen) atoms. The van der Waals surface area contributed by atoms with Gasteiger partial charge in [-0.15, -0.1) is 0 Å². The number of carbonyl (C=O) groups excluding carboxylic acids is 1. The molecule has 3 aromatic rings. The number of anilines is 1. The summed E-state index contributed by atoms with van der Waals surface area (Å²) in [7, 11) is 0. The topological polar surface area (TPSA) is 44.8 Å². The second-order valence-corrected chi connectivity index (χ2v) is 8.96. The molecule has 8 heteroatoms. The highest BCUT2D eigenvalue weighted by Crippen LogP contribution is 2.29. The summed E-state index contributed by atoms with van der Waals surface area (Å²) >= 11 is 0. The number of para-hydroxylation sites is 1. The molecule has 190 valence electrons. The van der Waals surface area contributed by atoms with E-state index < -0.39 is 17.6 Å². The van der Waals surface area contributed by atoms with Crippen LogP contribution in [0.1, 0.15) is 28.4 Å². The van der Waals surface area contributed by atoms with Gasteiger partial charge in [0.2, 0.25) is 0 Å². The molecular formula is C28H30F3N3O2. The molecule has 1 atom stereocenters. The van der Waals surface area contributed by atoms with E-state index in [2.05, 4.69) is 39.4 Å². The fourth-order valence-corrected chi connectivity index (χ4v) is 4.16. The van der Waals surface area contributed by atoms with Gasteiger partial charge in [-0.3, -0.25) is 9.69 Å². The highest BCUT2D eigenvalue weighted by Gasteiger charge is 2.30. The van der Waals surface area contributed by atoms with Gasteiger partial charge in [-0.2, -0.15) is 13.2 Å². The maximum atomic E-state index is 12.7. The zero-order valence-corrected chi connectivity index (χ0v) is 20.2. The van der Waals surface area contributed by atoms with Crippen LogP contribution in [0.15, 0.2) is 78.9 Å². The van der Waals surface area contributed by atoms with Crippen molar-refractivity contribution in [3.05, 3.63) is 95.6 Å². The smallest absolute Gasteiger partial charge is 0.416 e. The van der Waals surface area contributed by atoms with E-state index in [1.165, 1.54) is 23.4 Å². The van der Waals surface area contributed by atoms with Crippen molar-refractivity contribution in [2.24, 2.45) is 0 Å². The van der Waals surface area contributed by atoms with Crippen molar-refractivity contribution in [2.75, 3.05) is 37.6 Å². The molecule has 0 aromatic heterocycles. The first kappa shape index (κ1) is 25.6. The van der Waals surface area contributed by atoms with Crippen molar-refractivity contribution in [3.8, 4) is 5.75 Å². The van der Waals surface area contributed by atoms with Crippen LogP contribution < -0.4 is 15.0 Å². The average Bonchev–Trinajstić information content (AvgIpc) is 2.89. The van der Waals surface area contributed by atoms with Crippen LogP contribution in [-0.2, 0) is 12.7 Å². The Morgan fingerprint density at radius 1 is 0.917 bits per heavy atom. The number of hydrogen-bond acceptors (Lipinski definition) is 4. The molecule has 1 saturated heterocycles. The summed E-state index contributed by atoms with van der Waals surface area (Å²) in [5, 5.41) is 2.70. The Morgan fingerprint density at radius 2 is 1.56 bits per heavy atom. The Morgan fingerprint density at radius 3 is 2.17 bits per heavy atom. The number of amides is 1. The SMILES string of the molecule is C[C@@H](CNC(=O)c1ccc(C(F)(F)F)cc1)Oc1ccc(CN2CCN(c3ccccc3)CC2)cc1. The lowest BCUT2D eigenvalue weighted by Gasteiger charge is -2.36. The minimum Gasteiger partial charge on any atom is -0.489 e. The summed E-state index contributed by atoms with van der Waals surface area (Å²) in [5.41, 5.74) is 1.86. The van der Waals surface area contributed by atoms with E-state index in [0.717, 1.165) is 44.9 Å². The summed E-state index contributed by atoms with van der Waals surface area (Å²) < 4.78 is 43.9. The molecule has 1 heterocycles. The summed E-state index contributed by atoms with van der Waals surface area (Å²) in [6.45, 7) is 6.94. The first-order valence-electron chi connectivity index (χ1n) is 12.0. The number of halogens is 3. The number of rotatable bonds is 8. The van der Waals surface area contributed by atoms with Crippen molar-refractivity contribution in [2.45, 2.75) is 25.7 Å². The average molecular weight is 498 g/mol. The molecule has 0 bridgehead atoms. The van der Waals surface area contributed by atoms with Crippen LogP contribution in [0, 0.1) is 0 Å². The van der Waals surface area contributed by atoms with Gasteiger partial charge in [-0.25, -0.2) is 0 Å². The second kappa shape index (κ2) is 11.5. The monoisotopic (exact) mass is 497 g/mol. The number of hydrogen-bond donors (Lipinski definition) is 1. The molecule has 0 unspecified atom stereocenters. The lowest BCUT2D eigenvalue weighted by atomic mass is 10.1. The molecule has 0 spiro atoms. The fraction of sp³-hybridized carbons (Fsp3) is 0.321. The number of nitrogens with one attached hydrogen (secondary N) is 1. The van der Waals surface area contributed by atoms with Crippen LogP contribution in [0.2, 0.25) is 0 Å². The highest BCUT2D eigenvalue weighted by molar-refractivity contribution is 5.94. The minimum absolute atomic E-state index is 0.171. The Balaban J connectivity index is 1.19. The van der Waals surface area contributed by atoms with Crippen LogP contribution in [-0.4, -0.2) is 49.6 Å². The third-order valence-corrected chi connectivity index (χ3v) is 6.18. The van der Waals surface area contributed by atoms with Crippen molar-refractivity contribution in [1.82, 2.24) is 10.2 Å². The first-order valence-corrected chi connectivity index (χ1v) is 12.0. The Hall–Kier alpha value is -3.52. The van der Waals surface area contributed by atoms with Gasteiger partial charge in [0.05, 0.1) is 12.1 Å². The zero-order valence-electron chi connectivity index (χ0n) is 20.2. The van der Waals surface area contributed by atoms with Gasteiger partial charge in [-0.05, 0) is 61.0 Å². The lowest BCUT2D eigenvalue weighted by molar-refractivity contribution is -0.137. The zero-order chi connectivity index (χ0) is 25.5. The van der Waals surface area contributed by atoms with Gasteiger partial charge in [0.1, 0.15) is 11.9 Å². The molecule has 1 amide bonds. The molecule has 5 nitrogen and oxygen atoms in total. The molecule has 1 aliphatic heterocycles. The molecule has 4 rings (SSSR count). The number of alkyl halides is 3. The summed E-state index contributed by atoms with van der Waals surface area (Å²) in [6.07, 6.45) is -4.73. The fourth-order valence-electron chi connectivity index (χ4n) is 4.16. The lowest BCUT2D eigenvalue weighted by Crippen LogP contribution is -2.45. The summed E-state index contributed by atoms with van der Waals surface area (Å²) in [6, 6.07) is 22.6. The molecular weight excluding hydrogens is 467 g/mol. The Bertz CT molecular complexity index is 1110. The predicted molar refractivity (Wildman–Crippen MR) is 134 cm³/mol. The van der Waals surface area contributed by atoms with Crippen molar-refractivity contribution < 1.29 is 22.7 Å². The molecule has 0 radical (unpaired) electrons. The third kappa shape index (κ3) is 7.01. The number of benzene rings is 3. The minimum atomic E-state index is -4.43. The maximum absolute atomic E-state index is 12.7. The van der Waals surface area contributed by atoms with E-state index in [1.54, 1.807) is 0 Å². The molecule has 0 aliphatic carbocycles. The summed E-state index contributed by atoms with van der Waals surface area (Å²) in [4.78, 5) is 17.1. The van der Waals surface area contributed by atoms with E-state index in [1.807, 2.05) is 37.3 Å². The van der Waals surface area contributed by atoms with Gasteiger partial charge >= 0.3 is 6.18 Å². The predicted octanol–water partition coefficient (Wildman–Crippen LogP) is 5.22. The molecule has 3 aromatic carbocycles. The van der Waals surface area contributed by atoms with Crippen LogP contribution >= 0.6 is 0 Å². The quantitative estimate of drug-likeness (QED) is 0.463. The Labute approximate surface area is 209 Å². The second-order valence-electron chi connectivity index (χ2n) is 8.96. The van der Waals surface area contributed by atoms with E-state index in [9.17, 15) is 18.0 Å². The van der Waals surface area contributed by atoms with Crippen LogP contribution in [0.4, 0.5) is 18.9 Å². The van der Waals surface area contributed by atoms with Crippen molar-refractivity contribution in [3.63, 3.8) is 0 Å². The number of carbonyl (C=O) groups is 1. The third-order valence-electron chi connectivity index (χ3n) is 6.18. The summed E-state index contributed by atoms with van der Waals surface area (Å²) in [5.74, 6) is 0.255. The molecule has 1 fully saturated rings. The first-order chi connectivity index (χ1) is 17.3. The maximum Gasteiger partial charge on any atom is 0.416 e. The van der Waals surface area contributed by atoms with Gasteiger partial charge < -0.3 is 15.0 Å². The van der Waals surface area contributed by atoms with Gasteiger partial charge in [-0.1, -0.05) is 30.3 Å². The van der Waals surface area contributed by atoms with Crippen molar-refractivity contribution >= 4 is 11.6 Å². The largest absolute Gasteiger partial charge is 0.489 e. The number of nitrogens with zero attached hydrogens (tertiary/aromatic N) is 2. The molecule has 0 saturated carbocycles. The number of ether oxygens (including phenoxy) is 1. The van der Waals surface area contributed by atoms with E-state index >= 15 is 0 Å². The van der Waals surface area contributed by atoms with Crippen LogP contribution in [0.3, 0.4) is 0 Å². The molecule has 1 aliphatic rings. The van der Waals surface area contributed by atoms with Gasteiger partial charge in [0.15, 0.2) is 0 Å². The van der Waals surface area contributed by atoms with Crippen LogP contribution in [0.25, 0.3) is 0 Å². The highest BCUT2D eigenvalue weighted by atomic mass is 19.4. The van der Waals surface area contributed by atoms with E-state index in [0.29, 0.717) is 5.75 Å². The van der Waals surface area contributed by atoms with Gasteiger partial charge in [0, 0.05) is 44.0 Å². The van der Waals surface area contributed by atoms with Crippen LogP contribution in [0.5, 0.6) is 5.75 Å². The Kier molecular flexibility index (Phi) is 8.15. The number of piperazine rings is 1.